The van der Waals surface area contributed by atoms with Gasteiger partial charge in [-0.2, -0.15) is 0 Å². The third-order valence-electron chi connectivity index (χ3n) is 4.71. The van der Waals surface area contributed by atoms with E-state index in [0.717, 1.165) is 12.0 Å². The maximum atomic E-state index is 12.6. The van der Waals surface area contributed by atoms with Gasteiger partial charge >= 0.3 is 0 Å². The molecular formula is C19H28N2O2. The summed E-state index contributed by atoms with van der Waals surface area (Å²) in [5, 5.41) is 0. The number of carbonyl (C=O) groups excluding carboxylic acids is 2. The first-order valence-corrected chi connectivity index (χ1v) is 8.62. The summed E-state index contributed by atoms with van der Waals surface area (Å²) in [6, 6.07) is 7.96. The van der Waals surface area contributed by atoms with Gasteiger partial charge in [-0.15, -0.1) is 0 Å². The number of hydrogen-bond acceptors (Lipinski definition) is 2. The lowest BCUT2D eigenvalue weighted by atomic mass is 9.97. The molecule has 2 rings (SSSR count). The Hall–Kier alpha value is -1.84. The minimum absolute atomic E-state index is 0.0188. The van der Waals surface area contributed by atoms with Crippen LogP contribution >= 0.6 is 0 Å². The molecule has 0 saturated carbocycles. The number of amides is 2. The highest BCUT2D eigenvalue weighted by Gasteiger charge is 2.25. The molecule has 0 aliphatic carbocycles. The van der Waals surface area contributed by atoms with Crippen molar-refractivity contribution < 1.29 is 9.59 Å². The molecule has 1 atom stereocenters. The van der Waals surface area contributed by atoms with E-state index in [9.17, 15) is 9.59 Å². The van der Waals surface area contributed by atoms with Crippen LogP contribution in [0.2, 0.25) is 0 Å². The van der Waals surface area contributed by atoms with Crippen LogP contribution in [0, 0.1) is 5.92 Å². The molecule has 1 aliphatic rings. The Morgan fingerprint density at radius 1 is 0.957 bits per heavy atom. The van der Waals surface area contributed by atoms with Crippen LogP contribution in [0.4, 0.5) is 0 Å². The molecule has 1 saturated heterocycles. The first-order chi connectivity index (χ1) is 10.9. The van der Waals surface area contributed by atoms with Gasteiger partial charge in [0, 0.05) is 37.7 Å². The molecule has 126 valence electrons. The normalized spacial score (nSPS) is 16.6. The molecular weight excluding hydrogens is 288 g/mol. The van der Waals surface area contributed by atoms with Crippen molar-refractivity contribution in [3.8, 4) is 0 Å². The molecule has 0 bridgehead atoms. The summed E-state index contributed by atoms with van der Waals surface area (Å²) < 4.78 is 0. The third-order valence-corrected chi connectivity index (χ3v) is 4.71. The smallest absolute Gasteiger partial charge is 0.253 e. The van der Waals surface area contributed by atoms with E-state index in [-0.39, 0.29) is 17.7 Å². The maximum absolute atomic E-state index is 12.6. The van der Waals surface area contributed by atoms with Gasteiger partial charge in [0.1, 0.15) is 0 Å². The zero-order chi connectivity index (χ0) is 17.0. The van der Waals surface area contributed by atoms with Crippen LogP contribution in [0.15, 0.2) is 24.3 Å². The van der Waals surface area contributed by atoms with E-state index >= 15 is 0 Å². The van der Waals surface area contributed by atoms with Gasteiger partial charge in [0.25, 0.3) is 5.91 Å². The lowest BCUT2D eigenvalue weighted by molar-refractivity contribution is -0.135. The van der Waals surface area contributed by atoms with Crippen molar-refractivity contribution in [2.24, 2.45) is 5.92 Å². The van der Waals surface area contributed by atoms with E-state index in [1.165, 1.54) is 5.56 Å². The first kappa shape index (κ1) is 17.5. The molecule has 2 amide bonds. The predicted octanol–water partition coefficient (Wildman–Crippen LogP) is 3.14. The Labute approximate surface area is 139 Å². The van der Waals surface area contributed by atoms with Crippen LogP contribution in [-0.4, -0.2) is 47.8 Å². The molecule has 0 radical (unpaired) electrons. The largest absolute Gasteiger partial charge is 0.339 e. The number of benzene rings is 1. The van der Waals surface area contributed by atoms with Crippen LogP contribution in [0.1, 0.15) is 56.0 Å². The van der Waals surface area contributed by atoms with Gasteiger partial charge in [0.2, 0.25) is 5.91 Å². The molecule has 1 aromatic rings. The SMILES string of the molecule is CCC(C)c1ccc(C(=O)N2CCN(C(=O)C(C)C)CC2)cc1. The van der Waals surface area contributed by atoms with E-state index in [4.69, 9.17) is 0 Å². The van der Waals surface area contributed by atoms with Gasteiger partial charge in [-0.05, 0) is 30.0 Å². The lowest BCUT2D eigenvalue weighted by Gasteiger charge is -2.35. The molecule has 0 spiro atoms. The second-order valence-electron chi connectivity index (χ2n) is 6.70. The maximum Gasteiger partial charge on any atom is 0.253 e. The van der Waals surface area contributed by atoms with Crippen molar-refractivity contribution in [3.05, 3.63) is 35.4 Å². The average molecular weight is 316 g/mol. The average Bonchev–Trinajstić information content (AvgIpc) is 2.60. The van der Waals surface area contributed by atoms with Crippen LogP contribution in [0.3, 0.4) is 0 Å². The van der Waals surface area contributed by atoms with Gasteiger partial charge in [0.15, 0.2) is 0 Å². The molecule has 1 fully saturated rings. The Bertz CT molecular complexity index is 543. The monoisotopic (exact) mass is 316 g/mol. The molecule has 1 unspecified atom stereocenters. The summed E-state index contributed by atoms with van der Waals surface area (Å²) in [7, 11) is 0. The standard InChI is InChI=1S/C19H28N2O2/c1-5-15(4)16-6-8-17(9-7-16)19(23)21-12-10-20(11-13-21)18(22)14(2)3/h6-9,14-15H,5,10-13H2,1-4H3. The summed E-state index contributed by atoms with van der Waals surface area (Å²) >= 11 is 0. The zero-order valence-electron chi connectivity index (χ0n) is 14.7. The summed E-state index contributed by atoms with van der Waals surface area (Å²) in [4.78, 5) is 28.3. The van der Waals surface area contributed by atoms with Gasteiger partial charge in [-0.3, -0.25) is 9.59 Å². The summed E-state index contributed by atoms with van der Waals surface area (Å²) in [5.41, 5.74) is 2.01. The van der Waals surface area contributed by atoms with E-state index in [1.807, 2.05) is 35.8 Å². The van der Waals surface area contributed by atoms with Crippen molar-refractivity contribution in [2.75, 3.05) is 26.2 Å². The predicted molar refractivity (Wildman–Crippen MR) is 92.5 cm³/mol. The lowest BCUT2D eigenvalue weighted by Crippen LogP contribution is -2.51. The Balaban J connectivity index is 1.96. The van der Waals surface area contributed by atoms with E-state index in [0.29, 0.717) is 32.1 Å². The first-order valence-electron chi connectivity index (χ1n) is 8.62. The van der Waals surface area contributed by atoms with E-state index in [2.05, 4.69) is 26.0 Å². The fourth-order valence-electron chi connectivity index (χ4n) is 2.87. The zero-order valence-corrected chi connectivity index (χ0v) is 14.7. The Kier molecular flexibility index (Phi) is 5.80. The van der Waals surface area contributed by atoms with Crippen molar-refractivity contribution in [2.45, 2.75) is 40.0 Å². The molecule has 1 aliphatic heterocycles. The van der Waals surface area contributed by atoms with Gasteiger partial charge in [-0.25, -0.2) is 0 Å². The molecule has 4 heteroatoms. The summed E-state index contributed by atoms with van der Waals surface area (Å²) in [6.07, 6.45) is 1.10. The summed E-state index contributed by atoms with van der Waals surface area (Å²) in [5.74, 6) is 0.780. The van der Waals surface area contributed by atoms with E-state index in [1.54, 1.807) is 0 Å². The molecule has 23 heavy (non-hydrogen) atoms. The number of piperazine rings is 1. The van der Waals surface area contributed by atoms with Crippen molar-refractivity contribution >= 4 is 11.8 Å². The number of rotatable bonds is 4. The van der Waals surface area contributed by atoms with Crippen LogP contribution in [-0.2, 0) is 4.79 Å². The highest BCUT2D eigenvalue weighted by molar-refractivity contribution is 5.94. The fraction of sp³-hybridized carbons (Fsp3) is 0.579. The van der Waals surface area contributed by atoms with Gasteiger partial charge in [-0.1, -0.05) is 39.8 Å². The highest BCUT2D eigenvalue weighted by Crippen LogP contribution is 2.19. The molecule has 1 aromatic carbocycles. The highest BCUT2D eigenvalue weighted by atomic mass is 16.2. The van der Waals surface area contributed by atoms with E-state index < -0.39 is 0 Å². The number of carbonyl (C=O) groups is 2. The molecule has 1 heterocycles. The van der Waals surface area contributed by atoms with Crippen LogP contribution in [0.25, 0.3) is 0 Å². The summed E-state index contributed by atoms with van der Waals surface area (Å²) in [6.45, 7) is 10.7. The Morgan fingerprint density at radius 2 is 1.48 bits per heavy atom. The van der Waals surface area contributed by atoms with Gasteiger partial charge in [0.05, 0.1) is 0 Å². The van der Waals surface area contributed by atoms with Crippen molar-refractivity contribution in [3.63, 3.8) is 0 Å². The van der Waals surface area contributed by atoms with Gasteiger partial charge < -0.3 is 9.80 Å². The third kappa shape index (κ3) is 4.12. The molecule has 0 aromatic heterocycles. The minimum Gasteiger partial charge on any atom is -0.339 e. The second-order valence-corrected chi connectivity index (χ2v) is 6.70. The number of hydrogen-bond donors (Lipinski definition) is 0. The fourth-order valence-corrected chi connectivity index (χ4v) is 2.87. The van der Waals surface area contributed by atoms with Crippen LogP contribution in [0.5, 0.6) is 0 Å². The Morgan fingerprint density at radius 3 is 1.96 bits per heavy atom. The quantitative estimate of drug-likeness (QED) is 0.856. The minimum atomic E-state index is 0.0188. The van der Waals surface area contributed by atoms with Crippen molar-refractivity contribution in [1.82, 2.24) is 9.80 Å². The molecule has 4 nitrogen and oxygen atoms in total. The molecule has 0 N–H and O–H groups in total. The topological polar surface area (TPSA) is 40.6 Å². The second kappa shape index (κ2) is 7.62. The van der Waals surface area contributed by atoms with Crippen LogP contribution < -0.4 is 0 Å². The van der Waals surface area contributed by atoms with Crippen molar-refractivity contribution in [1.29, 1.82) is 0 Å². The number of nitrogens with zero attached hydrogens (tertiary/aromatic N) is 2.